The molecule has 0 radical (unpaired) electrons. The van der Waals surface area contributed by atoms with E-state index in [9.17, 15) is 14.4 Å². The van der Waals surface area contributed by atoms with Gasteiger partial charge < -0.3 is 10.4 Å². The van der Waals surface area contributed by atoms with Gasteiger partial charge in [-0.25, -0.2) is 0 Å². The van der Waals surface area contributed by atoms with Gasteiger partial charge >= 0.3 is 5.97 Å². The maximum atomic E-state index is 11.9. The number of rotatable bonds is 24. The molecule has 0 aromatic carbocycles. The monoisotopic (exact) mass is 453 g/mol. The summed E-state index contributed by atoms with van der Waals surface area (Å²) in [6.45, 7) is 4.47. The van der Waals surface area contributed by atoms with Gasteiger partial charge in [0.1, 0.15) is 5.78 Å². The highest BCUT2D eigenvalue weighted by molar-refractivity contribution is 5.78. The lowest BCUT2D eigenvalue weighted by molar-refractivity contribution is -0.137. The van der Waals surface area contributed by atoms with E-state index in [0.29, 0.717) is 12.8 Å². The van der Waals surface area contributed by atoms with Crippen molar-refractivity contribution in [3.8, 4) is 0 Å². The summed E-state index contributed by atoms with van der Waals surface area (Å²) >= 11 is 0. The van der Waals surface area contributed by atoms with E-state index in [0.717, 1.165) is 57.9 Å². The Morgan fingerprint density at radius 2 is 1.09 bits per heavy atom. The third-order valence-corrected chi connectivity index (χ3v) is 6.41. The predicted molar refractivity (Wildman–Crippen MR) is 133 cm³/mol. The topological polar surface area (TPSA) is 83.5 Å². The lowest BCUT2D eigenvalue weighted by Crippen LogP contribution is -2.24. The number of nitrogens with one attached hydrogen (secondary N) is 1. The van der Waals surface area contributed by atoms with E-state index in [1.54, 1.807) is 6.92 Å². The molecule has 32 heavy (non-hydrogen) atoms. The molecule has 1 unspecified atom stereocenters. The average molecular weight is 454 g/mol. The Kier molecular flexibility index (Phi) is 21.8. The molecule has 0 heterocycles. The minimum Gasteiger partial charge on any atom is -0.481 e. The Balaban J connectivity index is 3.26. The molecule has 0 spiro atoms. The molecule has 0 aliphatic carbocycles. The normalized spacial score (nSPS) is 11.9. The first-order chi connectivity index (χ1) is 15.5. The van der Waals surface area contributed by atoms with Crippen molar-refractivity contribution in [1.29, 1.82) is 0 Å². The maximum Gasteiger partial charge on any atom is 0.303 e. The number of hydrogen-bond acceptors (Lipinski definition) is 3. The van der Waals surface area contributed by atoms with Crippen molar-refractivity contribution < 1.29 is 19.5 Å². The van der Waals surface area contributed by atoms with E-state index in [1.807, 2.05) is 0 Å². The zero-order valence-electron chi connectivity index (χ0n) is 21.1. The third kappa shape index (κ3) is 21.8. The Morgan fingerprint density at radius 3 is 1.50 bits per heavy atom. The van der Waals surface area contributed by atoms with Crippen molar-refractivity contribution in [3.05, 3.63) is 0 Å². The van der Waals surface area contributed by atoms with Crippen LogP contribution in [0.4, 0.5) is 0 Å². The molecule has 0 fully saturated rings. The molecule has 2 N–H and O–H groups in total. The quantitative estimate of drug-likeness (QED) is 0.151. The van der Waals surface area contributed by atoms with Gasteiger partial charge in [-0.1, -0.05) is 90.4 Å². The number of carbonyl (C=O) groups excluding carboxylic acids is 2. The standard InChI is InChI=1S/C27H51NO4/c1-3-25(24(2)29)20-18-19-23-28-26(30)21-16-14-12-10-8-6-4-5-7-9-11-13-15-17-22-27(31)32/h25H,3-23H2,1-2H3,(H,28,30)(H,31,32). The van der Waals surface area contributed by atoms with Gasteiger partial charge in [-0.3, -0.25) is 14.4 Å². The Hall–Kier alpha value is -1.39. The lowest BCUT2D eigenvalue weighted by Gasteiger charge is -2.11. The second-order valence-electron chi connectivity index (χ2n) is 9.41. The molecule has 0 aromatic rings. The van der Waals surface area contributed by atoms with Crippen LogP contribution in [0, 0.1) is 5.92 Å². The van der Waals surface area contributed by atoms with Crippen LogP contribution in [-0.2, 0) is 14.4 Å². The average Bonchev–Trinajstić information content (AvgIpc) is 2.75. The molecular weight excluding hydrogens is 402 g/mol. The zero-order chi connectivity index (χ0) is 23.9. The molecule has 188 valence electrons. The number of ketones is 1. The summed E-state index contributed by atoms with van der Waals surface area (Å²) in [5, 5.41) is 11.6. The second-order valence-corrected chi connectivity index (χ2v) is 9.41. The SMILES string of the molecule is CCC(CCCCNC(=O)CCCCCCCCCCCCCCCCC(=O)O)C(C)=O. The number of unbranched alkanes of at least 4 members (excludes halogenated alkanes) is 14. The molecule has 1 atom stereocenters. The van der Waals surface area contributed by atoms with Gasteiger partial charge in [-0.15, -0.1) is 0 Å². The number of Topliss-reactive ketones (excluding diaryl/α,β-unsaturated/α-hetero) is 1. The van der Waals surface area contributed by atoms with Crippen molar-refractivity contribution in [1.82, 2.24) is 5.32 Å². The van der Waals surface area contributed by atoms with Gasteiger partial charge in [0.05, 0.1) is 0 Å². The summed E-state index contributed by atoms with van der Waals surface area (Å²) in [5.74, 6) is -0.0237. The van der Waals surface area contributed by atoms with E-state index in [2.05, 4.69) is 12.2 Å². The van der Waals surface area contributed by atoms with Crippen molar-refractivity contribution in [3.63, 3.8) is 0 Å². The van der Waals surface area contributed by atoms with E-state index < -0.39 is 5.97 Å². The Labute approximate surface area is 197 Å². The van der Waals surface area contributed by atoms with Crippen LogP contribution in [0.15, 0.2) is 0 Å². The molecule has 5 nitrogen and oxygen atoms in total. The molecule has 5 heteroatoms. The number of amides is 1. The minimum absolute atomic E-state index is 0.172. The first-order valence-electron chi connectivity index (χ1n) is 13.5. The summed E-state index contributed by atoms with van der Waals surface area (Å²) in [5.41, 5.74) is 0. The lowest BCUT2D eigenvalue weighted by atomic mass is 9.95. The maximum absolute atomic E-state index is 11.9. The van der Waals surface area contributed by atoms with Crippen LogP contribution in [0.1, 0.15) is 142 Å². The number of aliphatic carboxylic acids is 1. The van der Waals surface area contributed by atoms with Crippen molar-refractivity contribution in [2.75, 3.05) is 6.54 Å². The van der Waals surface area contributed by atoms with E-state index >= 15 is 0 Å². The number of carboxylic acid groups (broad SMARTS) is 1. The molecule has 0 aliphatic rings. The molecule has 0 saturated carbocycles. The summed E-state index contributed by atoms with van der Waals surface area (Å²) in [7, 11) is 0. The molecule has 0 saturated heterocycles. The van der Waals surface area contributed by atoms with Crippen molar-refractivity contribution >= 4 is 17.7 Å². The Bertz CT molecular complexity index is 478. The van der Waals surface area contributed by atoms with E-state index in [1.165, 1.54) is 64.2 Å². The smallest absolute Gasteiger partial charge is 0.303 e. The molecule has 0 bridgehead atoms. The number of carboxylic acids is 1. The van der Waals surface area contributed by atoms with Gasteiger partial charge in [-0.2, -0.15) is 0 Å². The van der Waals surface area contributed by atoms with Crippen LogP contribution in [0.25, 0.3) is 0 Å². The van der Waals surface area contributed by atoms with E-state index in [4.69, 9.17) is 5.11 Å². The molecule has 0 aromatic heterocycles. The van der Waals surface area contributed by atoms with Crippen molar-refractivity contribution in [2.45, 2.75) is 142 Å². The van der Waals surface area contributed by atoms with Crippen LogP contribution in [0.2, 0.25) is 0 Å². The largest absolute Gasteiger partial charge is 0.481 e. The predicted octanol–water partition coefficient (Wildman–Crippen LogP) is 7.21. The van der Waals surface area contributed by atoms with Gasteiger partial charge in [0.25, 0.3) is 0 Å². The summed E-state index contributed by atoms with van der Waals surface area (Å²) in [4.78, 5) is 33.7. The Morgan fingerprint density at radius 1 is 0.656 bits per heavy atom. The molecule has 1 amide bonds. The number of carbonyl (C=O) groups is 3. The molecular formula is C27H51NO4. The van der Waals surface area contributed by atoms with Crippen LogP contribution in [-0.4, -0.2) is 29.3 Å². The third-order valence-electron chi connectivity index (χ3n) is 6.41. The van der Waals surface area contributed by atoms with Gasteiger partial charge in [0.2, 0.25) is 5.91 Å². The fraction of sp³-hybridized carbons (Fsp3) is 0.889. The first-order valence-corrected chi connectivity index (χ1v) is 13.5. The van der Waals surface area contributed by atoms with Crippen LogP contribution < -0.4 is 5.32 Å². The fourth-order valence-electron chi connectivity index (χ4n) is 4.21. The van der Waals surface area contributed by atoms with Crippen molar-refractivity contribution in [2.24, 2.45) is 5.92 Å². The van der Waals surface area contributed by atoms with E-state index in [-0.39, 0.29) is 17.6 Å². The molecule has 0 rings (SSSR count). The minimum atomic E-state index is -0.676. The highest BCUT2D eigenvalue weighted by atomic mass is 16.4. The van der Waals surface area contributed by atoms with Crippen LogP contribution >= 0.6 is 0 Å². The highest BCUT2D eigenvalue weighted by Gasteiger charge is 2.10. The van der Waals surface area contributed by atoms with Gasteiger partial charge in [0, 0.05) is 25.3 Å². The zero-order valence-corrected chi connectivity index (χ0v) is 21.1. The summed E-state index contributed by atoms with van der Waals surface area (Å²) in [6.07, 6.45) is 21.6. The fourth-order valence-corrected chi connectivity index (χ4v) is 4.21. The summed E-state index contributed by atoms with van der Waals surface area (Å²) in [6, 6.07) is 0. The first kappa shape index (κ1) is 30.6. The highest BCUT2D eigenvalue weighted by Crippen LogP contribution is 2.14. The molecule has 0 aliphatic heterocycles. The van der Waals surface area contributed by atoms with Gasteiger partial charge in [0.15, 0.2) is 0 Å². The second kappa shape index (κ2) is 22.8. The van der Waals surface area contributed by atoms with Gasteiger partial charge in [-0.05, 0) is 39.0 Å². The van der Waals surface area contributed by atoms with Crippen LogP contribution in [0.3, 0.4) is 0 Å². The summed E-state index contributed by atoms with van der Waals surface area (Å²) < 4.78 is 0. The number of hydrogen-bond donors (Lipinski definition) is 2. The van der Waals surface area contributed by atoms with Crippen LogP contribution in [0.5, 0.6) is 0 Å².